The minimum absolute atomic E-state index is 0.161. The Labute approximate surface area is 144 Å². The second-order valence-corrected chi connectivity index (χ2v) is 5.77. The highest BCUT2D eigenvalue weighted by Gasteiger charge is 2.07. The smallest absolute Gasteiger partial charge is 0.251 e. The Morgan fingerprint density at radius 2 is 2.04 bits per heavy atom. The van der Waals surface area contributed by atoms with Crippen LogP contribution in [0.15, 0.2) is 57.9 Å². The van der Waals surface area contributed by atoms with Crippen LogP contribution >= 0.6 is 0 Å². The third-order valence-corrected chi connectivity index (χ3v) is 3.89. The molecule has 1 amide bonds. The predicted molar refractivity (Wildman–Crippen MR) is 94.0 cm³/mol. The van der Waals surface area contributed by atoms with Crippen LogP contribution < -0.4 is 11.0 Å². The molecule has 0 aliphatic heterocycles. The van der Waals surface area contributed by atoms with Gasteiger partial charge in [-0.1, -0.05) is 18.2 Å². The standard InChI is InChI=1S/C19H20N2O4/c22-18(21-25-12-4-7-16-6-3-11-24-16)10-9-15-13-14-5-1-2-8-17(14)20-19(15)23/h1-3,5-6,8,11,13H,4,7,9-10,12H2,(H,20,23)(H,21,22). The maximum Gasteiger partial charge on any atom is 0.251 e. The number of hydroxylamine groups is 1. The first kappa shape index (κ1) is 17.0. The fourth-order valence-electron chi connectivity index (χ4n) is 2.58. The molecule has 2 aromatic heterocycles. The summed E-state index contributed by atoms with van der Waals surface area (Å²) in [5.41, 5.74) is 3.63. The fraction of sp³-hybridized carbons (Fsp3) is 0.263. The Kier molecular flexibility index (Phi) is 5.64. The van der Waals surface area contributed by atoms with E-state index in [1.807, 2.05) is 42.5 Å². The van der Waals surface area contributed by atoms with Gasteiger partial charge in [0.2, 0.25) is 5.91 Å². The van der Waals surface area contributed by atoms with E-state index in [2.05, 4.69) is 10.5 Å². The molecule has 0 aliphatic rings. The zero-order valence-corrected chi connectivity index (χ0v) is 13.8. The molecule has 130 valence electrons. The highest BCUT2D eigenvalue weighted by atomic mass is 16.6. The van der Waals surface area contributed by atoms with E-state index in [9.17, 15) is 9.59 Å². The molecule has 1 aromatic carbocycles. The van der Waals surface area contributed by atoms with Crippen LogP contribution in [0.25, 0.3) is 10.9 Å². The highest BCUT2D eigenvalue weighted by Crippen LogP contribution is 2.11. The topological polar surface area (TPSA) is 84.3 Å². The van der Waals surface area contributed by atoms with Gasteiger partial charge >= 0.3 is 0 Å². The number of H-pyrrole nitrogens is 1. The van der Waals surface area contributed by atoms with Gasteiger partial charge in [0, 0.05) is 23.9 Å². The van der Waals surface area contributed by atoms with E-state index < -0.39 is 0 Å². The summed E-state index contributed by atoms with van der Waals surface area (Å²) in [7, 11) is 0. The molecule has 0 bridgehead atoms. The Balaban J connectivity index is 1.41. The summed E-state index contributed by atoms with van der Waals surface area (Å²) in [5, 5.41) is 0.951. The summed E-state index contributed by atoms with van der Waals surface area (Å²) >= 11 is 0. The van der Waals surface area contributed by atoms with Crippen LogP contribution in [0.5, 0.6) is 0 Å². The minimum Gasteiger partial charge on any atom is -0.469 e. The number of benzene rings is 1. The summed E-state index contributed by atoms with van der Waals surface area (Å²) in [6, 6.07) is 13.1. The van der Waals surface area contributed by atoms with E-state index in [-0.39, 0.29) is 17.9 Å². The summed E-state index contributed by atoms with van der Waals surface area (Å²) in [6.07, 6.45) is 3.70. The van der Waals surface area contributed by atoms with Crippen LogP contribution in [0.4, 0.5) is 0 Å². The number of rotatable bonds is 8. The molecule has 2 heterocycles. The number of pyridine rings is 1. The molecule has 0 aliphatic carbocycles. The average Bonchev–Trinajstić information content (AvgIpc) is 3.13. The van der Waals surface area contributed by atoms with Crippen LogP contribution in [-0.2, 0) is 22.5 Å². The third-order valence-electron chi connectivity index (χ3n) is 3.89. The van der Waals surface area contributed by atoms with Gasteiger partial charge in [-0.15, -0.1) is 0 Å². The van der Waals surface area contributed by atoms with Crippen molar-refractivity contribution in [3.8, 4) is 0 Å². The van der Waals surface area contributed by atoms with Gasteiger partial charge in [-0.05, 0) is 42.5 Å². The molecule has 0 unspecified atom stereocenters. The number of amides is 1. The first-order chi connectivity index (χ1) is 12.2. The monoisotopic (exact) mass is 340 g/mol. The van der Waals surface area contributed by atoms with E-state index in [0.29, 0.717) is 18.6 Å². The number of carbonyl (C=O) groups is 1. The maximum atomic E-state index is 12.0. The second kappa shape index (κ2) is 8.30. The summed E-state index contributed by atoms with van der Waals surface area (Å²) in [6.45, 7) is 0.406. The Morgan fingerprint density at radius 3 is 2.88 bits per heavy atom. The second-order valence-electron chi connectivity index (χ2n) is 5.77. The number of aromatic amines is 1. The van der Waals surface area contributed by atoms with Gasteiger partial charge in [-0.2, -0.15) is 0 Å². The van der Waals surface area contributed by atoms with Gasteiger partial charge in [0.15, 0.2) is 0 Å². The van der Waals surface area contributed by atoms with Crippen molar-refractivity contribution >= 4 is 16.8 Å². The largest absolute Gasteiger partial charge is 0.469 e. The Morgan fingerprint density at radius 1 is 1.16 bits per heavy atom. The predicted octanol–water partition coefficient (Wildman–Crippen LogP) is 2.73. The number of fused-ring (bicyclic) bond motifs is 1. The molecule has 0 saturated heterocycles. The van der Waals surface area contributed by atoms with Gasteiger partial charge in [-0.25, -0.2) is 5.48 Å². The number of carbonyl (C=O) groups excluding carboxylic acids is 1. The summed E-state index contributed by atoms with van der Waals surface area (Å²) in [5.74, 6) is 0.649. The van der Waals surface area contributed by atoms with Gasteiger partial charge < -0.3 is 9.40 Å². The molecule has 0 saturated carbocycles. The normalized spacial score (nSPS) is 10.9. The lowest BCUT2D eigenvalue weighted by Crippen LogP contribution is -2.25. The van der Waals surface area contributed by atoms with Gasteiger partial charge in [0.1, 0.15) is 5.76 Å². The van der Waals surface area contributed by atoms with Crippen LogP contribution in [0.1, 0.15) is 24.2 Å². The van der Waals surface area contributed by atoms with Gasteiger partial charge in [0.25, 0.3) is 5.56 Å². The van der Waals surface area contributed by atoms with Crippen molar-refractivity contribution in [3.05, 3.63) is 70.4 Å². The molecular weight excluding hydrogens is 320 g/mol. The summed E-state index contributed by atoms with van der Waals surface area (Å²) in [4.78, 5) is 31.8. The lowest BCUT2D eigenvalue weighted by atomic mass is 10.1. The molecular formula is C19H20N2O4. The number of hydrogen-bond donors (Lipinski definition) is 2. The van der Waals surface area contributed by atoms with Crippen molar-refractivity contribution in [2.75, 3.05) is 6.61 Å². The molecule has 0 fully saturated rings. The number of aryl methyl sites for hydroxylation is 2. The Bertz CT molecular complexity index is 884. The average molecular weight is 340 g/mol. The molecule has 0 radical (unpaired) electrons. The van der Waals surface area contributed by atoms with E-state index >= 15 is 0 Å². The van der Waals surface area contributed by atoms with Crippen molar-refractivity contribution in [2.45, 2.75) is 25.7 Å². The quantitative estimate of drug-likeness (QED) is 0.488. The van der Waals surface area contributed by atoms with Crippen molar-refractivity contribution < 1.29 is 14.0 Å². The molecule has 0 atom stereocenters. The van der Waals surface area contributed by atoms with E-state index in [0.717, 1.165) is 29.5 Å². The molecule has 3 rings (SSSR count). The van der Waals surface area contributed by atoms with Crippen LogP contribution in [0.2, 0.25) is 0 Å². The zero-order valence-electron chi connectivity index (χ0n) is 13.8. The summed E-state index contributed by atoms with van der Waals surface area (Å²) < 4.78 is 5.21. The lowest BCUT2D eigenvalue weighted by molar-refractivity contribution is -0.133. The van der Waals surface area contributed by atoms with Crippen LogP contribution in [0.3, 0.4) is 0 Å². The first-order valence-corrected chi connectivity index (χ1v) is 8.26. The first-order valence-electron chi connectivity index (χ1n) is 8.26. The Hall–Kier alpha value is -2.86. The molecule has 3 aromatic rings. The van der Waals surface area contributed by atoms with E-state index in [4.69, 9.17) is 9.25 Å². The maximum absolute atomic E-state index is 12.0. The SMILES string of the molecule is O=C(CCc1cc2ccccc2[nH]c1=O)NOCCCc1ccco1. The van der Waals surface area contributed by atoms with Crippen molar-refractivity contribution in [3.63, 3.8) is 0 Å². The molecule has 2 N–H and O–H groups in total. The third kappa shape index (κ3) is 4.81. The number of para-hydroxylation sites is 1. The number of hydrogen-bond acceptors (Lipinski definition) is 4. The number of aromatic nitrogens is 1. The highest BCUT2D eigenvalue weighted by molar-refractivity contribution is 5.79. The molecule has 0 spiro atoms. The molecule has 6 heteroatoms. The van der Waals surface area contributed by atoms with Gasteiger partial charge in [-0.3, -0.25) is 14.4 Å². The van der Waals surface area contributed by atoms with Crippen LogP contribution in [-0.4, -0.2) is 17.5 Å². The molecule has 25 heavy (non-hydrogen) atoms. The molecule has 6 nitrogen and oxygen atoms in total. The minimum atomic E-state index is -0.245. The van der Waals surface area contributed by atoms with Crippen molar-refractivity contribution in [2.24, 2.45) is 0 Å². The van der Waals surface area contributed by atoms with E-state index in [1.54, 1.807) is 6.26 Å². The zero-order chi connectivity index (χ0) is 17.5. The van der Waals surface area contributed by atoms with Gasteiger partial charge in [0.05, 0.1) is 12.9 Å². The van der Waals surface area contributed by atoms with E-state index in [1.165, 1.54) is 0 Å². The number of nitrogens with one attached hydrogen (secondary N) is 2. The van der Waals surface area contributed by atoms with Crippen molar-refractivity contribution in [1.82, 2.24) is 10.5 Å². The van der Waals surface area contributed by atoms with Crippen LogP contribution in [0, 0.1) is 0 Å². The van der Waals surface area contributed by atoms with Crippen molar-refractivity contribution in [1.29, 1.82) is 0 Å². The number of furan rings is 1. The fourth-order valence-corrected chi connectivity index (χ4v) is 2.58. The lowest BCUT2D eigenvalue weighted by Gasteiger charge is -2.06.